The van der Waals surface area contributed by atoms with E-state index in [2.05, 4.69) is 13.8 Å². The molecule has 0 spiro atoms. The van der Waals surface area contributed by atoms with E-state index in [4.69, 9.17) is 15.2 Å². The van der Waals surface area contributed by atoms with E-state index < -0.39 is 41.5 Å². The third-order valence-corrected chi connectivity index (χ3v) is 11.5. The Labute approximate surface area is 246 Å². The number of fused-ring (bicyclic) bond motifs is 7. The van der Waals surface area contributed by atoms with Crippen molar-refractivity contribution < 1.29 is 29.3 Å². The molecule has 0 aromatic heterocycles. The second-order valence-corrected chi connectivity index (χ2v) is 13.5. The number of carbonyl (C=O) groups is 2. The third kappa shape index (κ3) is 3.80. The Kier molecular flexibility index (Phi) is 6.41. The summed E-state index contributed by atoms with van der Waals surface area (Å²) in [6.07, 6.45) is 6.58. The molecule has 7 rings (SSSR count). The number of allylic oxidation sites excluding steroid dienone is 4. The molecule has 0 amide bonds. The number of aliphatic hydroxyl groups is 2. The molecule has 0 unspecified atom stereocenters. The minimum atomic E-state index is -1.36. The number of anilines is 1. The Bertz CT molecular complexity index is 1510. The van der Waals surface area contributed by atoms with Crippen LogP contribution in [0.15, 0.2) is 72.3 Å². The fraction of sp³-hybridized carbons (Fsp3) is 0.486. The smallest absolute Gasteiger partial charge is 0.193 e. The van der Waals surface area contributed by atoms with E-state index in [-0.39, 0.29) is 29.3 Å². The summed E-state index contributed by atoms with van der Waals surface area (Å²) in [7, 11) is 0. The van der Waals surface area contributed by atoms with Crippen LogP contribution < -0.4 is 5.73 Å². The molecular weight excluding hydrogens is 530 g/mol. The summed E-state index contributed by atoms with van der Waals surface area (Å²) in [5.74, 6) is -0.271. The molecule has 2 aromatic rings. The first-order valence-corrected chi connectivity index (χ1v) is 15.1. The summed E-state index contributed by atoms with van der Waals surface area (Å²) >= 11 is 0. The van der Waals surface area contributed by atoms with Gasteiger partial charge in [0, 0.05) is 28.0 Å². The van der Waals surface area contributed by atoms with Gasteiger partial charge in [0.05, 0.1) is 12.2 Å². The largest absolute Gasteiger partial charge is 0.398 e. The standard InChI is InChI=1S/C35H39NO6/c1-33-13-12-24(38)16-23(33)10-11-25-26-17-30-35(29(40)19-37,34(26,2)18-28(39)31(25)33)42-32(41-30)22-8-5-6-20(15-22)14-21-7-3-4-9-27(21)36/h3-9,12-13,15-16,25-26,28,30-32,37,39H,10-11,14,17-19,36H2,1-2H3/t25-,26-,28-,30+,31+,32+,33-,34-,35+/m0/s1. The molecule has 42 heavy (non-hydrogen) atoms. The first-order valence-electron chi connectivity index (χ1n) is 15.1. The zero-order valence-electron chi connectivity index (χ0n) is 24.2. The highest BCUT2D eigenvalue weighted by molar-refractivity contribution is 6.01. The van der Waals surface area contributed by atoms with Crippen molar-refractivity contribution in [1.29, 1.82) is 0 Å². The number of hydrogen-bond acceptors (Lipinski definition) is 7. The Hall–Kier alpha value is -3.10. The van der Waals surface area contributed by atoms with Gasteiger partial charge in [-0.15, -0.1) is 0 Å². The lowest BCUT2D eigenvalue weighted by molar-refractivity contribution is -0.201. The van der Waals surface area contributed by atoms with Gasteiger partial charge in [0.15, 0.2) is 23.5 Å². The van der Waals surface area contributed by atoms with Crippen molar-refractivity contribution in [2.75, 3.05) is 12.3 Å². The Morgan fingerprint density at radius 3 is 2.74 bits per heavy atom. The van der Waals surface area contributed by atoms with Crippen LogP contribution >= 0.6 is 0 Å². The van der Waals surface area contributed by atoms with Crippen LogP contribution in [0.5, 0.6) is 0 Å². The molecule has 1 aliphatic heterocycles. The monoisotopic (exact) mass is 569 g/mol. The molecule has 1 saturated heterocycles. The molecule has 1 heterocycles. The molecule has 4 fully saturated rings. The molecule has 2 aromatic carbocycles. The van der Waals surface area contributed by atoms with Crippen LogP contribution in [0.2, 0.25) is 0 Å². The third-order valence-electron chi connectivity index (χ3n) is 11.5. The maximum Gasteiger partial charge on any atom is 0.193 e. The fourth-order valence-electron chi connectivity index (χ4n) is 9.60. The van der Waals surface area contributed by atoms with Crippen LogP contribution in [0.1, 0.15) is 62.5 Å². The predicted octanol–water partition coefficient (Wildman–Crippen LogP) is 4.46. The maximum absolute atomic E-state index is 13.8. The molecule has 3 saturated carbocycles. The summed E-state index contributed by atoms with van der Waals surface area (Å²) < 4.78 is 13.4. The Balaban J connectivity index is 1.21. The number of ether oxygens (including phenoxy) is 2. The highest BCUT2D eigenvalue weighted by Crippen LogP contribution is 2.70. The summed E-state index contributed by atoms with van der Waals surface area (Å²) in [4.78, 5) is 26.0. The molecule has 4 aliphatic carbocycles. The van der Waals surface area contributed by atoms with E-state index in [9.17, 15) is 19.8 Å². The zero-order chi connectivity index (χ0) is 29.4. The minimum Gasteiger partial charge on any atom is -0.398 e. The van der Waals surface area contributed by atoms with E-state index in [1.807, 2.05) is 54.6 Å². The van der Waals surface area contributed by atoms with Crippen LogP contribution in [-0.4, -0.2) is 46.2 Å². The van der Waals surface area contributed by atoms with Crippen LogP contribution in [0.3, 0.4) is 0 Å². The summed E-state index contributed by atoms with van der Waals surface area (Å²) in [5, 5.41) is 22.1. The van der Waals surface area contributed by atoms with Crippen LogP contribution in [-0.2, 0) is 25.5 Å². The summed E-state index contributed by atoms with van der Waals surface area (Å²) in [6.45, 7) is 3.54. The first-order chi connectivity index (χ1) is 20.1. The second kappa shape index (κ2) is 9.71. The van der Waals surface area contributed by atoms with Crippen LogP contribution in [0.4, 0.5) is 5.69 Å². The van der Waals surface area contributed by atoms with E-state index >= 15 is 0 Å². The van der Waals surface area contributed by atoms with Gasteiger partial charge in [0.25, 0.3) is 0 Å². The number of aliphatic hydroxyl groups excluding tert-OH is 2. The van der Waals surface area contributed by atoms with Crippen molar-refractivity contribution in [3.8, 4) is 0 Å². The number of hydrogen-bond donors (Lipinski definition) is 3. The average Bonchev–Trinajstić information content (AvgIpc) is 3.47. The van der Waals surface area contributed by atoms with Gasteiger partial charge in [-0.1, -0.05) is 68.0 Å². The summed E-state index contributed by atoms with van der Waals surface area (Å²) in [6, 6.07) is 15.8. The lowest BCUT2D eigenvalue weighted by Gasteiger charge is -2.59. The SMILES string of the molecule is C[C@]12C=CC(=O)C=C1CC[C@@H]1[C@@H]2[C@@H](O)C[C@@]2(C)[C@H]1C[C@H]1O[C@@H](c3cccc(Cc4ccccc4N)c3)O[C@]12C(=O)CO. The van der Waals surface area contributed by atoms with E-state index in [0.717, 1.165) is 40.8 Å². The number of ketones is 2. The molecule has 7 heteroatoms. The number of nitrogen functional groups attached to an aromatic ring is 1. The highest BCUT2D eigenvalue weighted by atomic mass is 16.7. The predicted molar refractivity (Wildman–Crippen MR) is 157 cm³/mol. The first kappa shape index (κ1) is 27.7. The van der Waals surface area contributed by atoms with Crippen molar-refractivity contribution in [3.63, 3.8) is 0 Å². The number of nitrogens with two attached hydrogens (primary N) is 1. The number of rotatable bonds is 5. The van der Waals surface area contributed by atoms with Gasteiger partial charge in [-0.2, -0.15) is 0 Å². The number of Topliss-reactive ketones (excluding diaryl/α,β-unsaturated/α-hetero) is 1. The van der Waals surface area contributed by atoms with Gasteiger partial charge in [0.2, 0.25) is 0 Å². The number of benzene rings is 2. The topological polar surface area (TPSA) is 119 Å². The molecule has 220 valence electrons. The van der Waals surface area contributed by atoms with Crippen molar-refractivity contribution in [1.82, 2.24) is 0 Å². The highest BCUT2D eigenvalue weighted by Gasteiger charge is 2.75. The van der Waals surface area contributed by atoms with E-state index in [1.54, 1.807) is 12.2 Å². The second-order valence-electron chi connectivity index (χ2n) is 13.5. The average molecular weight is 570 g/mol. The van der Waals surface area contributed by atoms with Gasteiger partial charge in [-0.25, -0.2) is 0 Å². The van der Waals surface area contributed by atoms with Crippen molar-refractivity contribution in [2.24, 2.45) is 28.6 Å². The lowest BCUT2D eigenvalue weighted by Crippen LogP contribution is -2.63. The van der Waals surface area contributed by atoms with Gasteiger partial charge in [-0.3, -0.25) is 9.59 Å². The van der Waals surface area contributed by atoms with Gasteiger partial charge in [-0.05, 0) is 73.3 Å². The fourth-order valence-corrected chi connectivity index (χ4v) is 9.60. The molecule has 5 aliphatic rings. The quantitative estimate of drug-likeness (QED) is 0.455. The summed E-state index contributed by atoms with van der Waals surface area (Å²) in [5.41, 5.74) is 8.41. The van der Waals surface area contributed by atoms with E-state index in [0.29, 0.717) is 19.3 Å². The molecule has 4 N–H and O–H groups in total. The Morgan fingerprint density at radius 1 is 1.14 bits per heavy atom. The zero-order valence-corrected chi connectivity index (χ0v) is 24.2. The molecule has 9 atom stereocenters. The minimum absolute atomic E-state index is 0.00287. The van der Waals surface area contributed by atoms with E-state index in [1.165, 1.54) is 0 Å². The Morgan fingerprint density at radius 2 is 1.95 bits per heavy atom. The molecule has 0 radical (unpaired) electrons. The van der Waals surface area contributed by atoms with Crippen molar-refractivity contribution in [2.45, 2.75) is 70.1 Å². The number of para-hydroxylation sites is 1. The van der Waals surface area contributed by atoms with Crippen LogP contribution in [0, 0.1) is 28.6 Å². The molecule has 7 nitrogen and oxygen atoms in total. The maximum atomic E-state index is 13.8. The van der Waals surface area contributed by atoms with Crippen LogP contribution in [0.25, 0.3) is 0 Å². The number of carbonyl (C=O) groups excluding carboxylic acids is 2. The lowest BCUT2D eigenvalue weighted by atomic mass is 9.46. The molecule has 0 bridgehead atoms. The van der Waals surface area contributed by atoms with Crippen molar-refractivity contribution in [3.05, 3.63) is 89.0 Å². The molecular formula is C35H39NO6. The normalized spacial score (nSPS) is 40.1. The van der Waals surface area contributed by atoms with Crippen molar-refractivity contribution >= 4 is 17.3 Å². The van der Waals surface area contributed by atoms with Gasteiger partial charge >= 0.3 is 0 Å². The van der Waals surface area contributed by atoms with Gasteiger partial charge < -0.3 is 25.4 Å². The van der Waals surface area contributed by atoms with Gasteiger partial charge in [0.1, 0.15) is 6.61 Å².